The van der Waals surface area contributed by atoms with E-state index in [1.165, 1.54) is 0 Å². The zero-order valence-corrected chi connectivity index (χ0v) is 7.51. The first kappa shape index (κ1) is 8.26. The highest BCUT2D eigenvalue weighted by atomic mass is 35.5. The van der Waals surface area contributed by atoms with Crippen LogP contribution in [0.4, 0.5) is 0 Å². The fraction of sp³-hybridized carbons (Fsp3) is 0.111. The second-order valence-corrected chi connectivity index (χ2v) is 2.93. The number of hydrogen-bond acceptors (Lipinski definition) is 2. The summed E-state index contributed by atoms with van der Waals surface area (Å²) in [5.41, 5.74) is 2.11. The highest BCUT2D eigenvalue weighted by molar-refractivity contribution is 6.31. The fourth-order valence-corrected chi connectivity index (χ4v) is 1.38. The summed E-state index contributed by atoms with van der Waals surface area (Å²) >= 11 is 5.45. The van der Waals surface area contributed by atoms with Gasteiger partial charge in [-0.15, -0.1) is 11.6 Å². The molecule has 66 valence electrons. The number of carbonyl (C=O) groups excluding carboxylic acids is 1. The van der Waals surface area contributed by atoms with E-state index in [-0.39, 0.29) is 11.7 Å². The molecule has 0 aliphatic heterocycles. The van der Waals surface area contributed by atoms with Gasteiger partial charge in [0.05, 0.1) is 22.5 Å². The van der Waals surface area contributed by atoms with Crippen molar-refractivity contribution in [1.29, 1.82) is 0 Å². The van der Waals surface area contributed by atoms with E-state index in [0.717, 1.165) is 5.52 Å². The molecule has 0 fully saturated rings. The van der Waals surface area contributed by atoms with Crippen molar-refractivity contribution in [3.05, 3.63) is 30.1 Å². The highest BCUT2D eigenvalue weighted by Crippen LogP contribution is 2.15. The molecule has 2 heterocycles. The highest BCUT2D eigenvalue weighted by Gasteiger charge is 2.10. The van der Waals surface area contributed by atoms with Crippen molar-refractivity contribution < 1.29 is 4.79 Å². The van der Waals surface area contributed by atoms with Crippen LogP contribution in [0.25, 0.3) is 11.0 Å². The van der Waals surface area contributed by atoms with Gasteiger partial charge >= 0.3 is 0 Å². The molecule has 4 heteroatoms. The normalized spacial score (nSPS) is 10.5. The first-order chi connectivity index (χ1) is 6.33. The van der Waals surface area contributed by atoms with Gasteiger partial charge in [0, 0.05) is 12.4 Å². The summed E-state index contributed by atoms with van der Waals surface area (Å²) in [6, 6.07) is 3.68. The monoisotopic (exact) mass is 194 g/mol. The molecule has 2 rings (SSSR count). The summed E-state index contributed by atoms with van der Waals surface area (Å²) in [5, 5.41) is 0. The topological polar surface area (TPSA) is 45.8 Å². The van der Waals surface area contributed by atoms with Gasteiger partial charge in [0.25, 0.3) is 0 Å². The van der Waals surface area contributed by atoms with Crippen molar-refractivity contribution in [3.8, 4) is 0 Å². The minimum Gasteiger partial charge on any atom is -0.359 e. The Bertz CT molecular complexity index is 450. The standard InChI is InChI=1S/C9H7ClN2O/c10-4-8(13)6-5-12-7-2-1-3-11-9(6)7/h1-3,5,12H,4H2. The van der Waals surface area contributed by atoms with Gasteiger partial charge in [-0.3, -0.25) is 9.78 Å². The first-order valence-electron chi connectivity index (χ1n) is 3.84. The van der Waals surface area contributed by atoms with Crippen LogP contribution in [0.5, 0.6) is 0 Å². The van der Waals surface area contributed by atoms with Gasteiger partial charge in [0.2, 0.25) is 0 Å². The third-order valence-corrected chi connectivity index (χ3v) is 2.10. The van der Waals surface area contributed by atoms with Crippen LogP contribution >= 0.6 is 11.6 Å². The second-order valence-electron chi connectivity index (χ2n) is 2.66. The molecule has 0 amide bonds. The van der Waals surface area contributed by atoms with Crippen molar-refractivity contribution in [2.75, 3.05) is 5.88 Å². The number of aromatic amines is 1. The lowest BCUT2D eigenvalue weighted by Crippen LogP contribution is -1.98. The molecule has 3 nitrogen and oxygen atoms in total. The number of H-pyrrole nitrogens is 1. The van der Waals surface area contributed by atoms with Crippen molar-refractivity contribution in [2.45, 2.75) is 0 Å². The lowest BCUT2D eigenvalue weighted by atomic mass is 10.2. The Morgan fingerprint density at radius 2 is 2.46 bits per heavy atom. The van der Waals surface area contributed by atoms with Crippen molar-refractivity contribution in [3.63, 3.8) is 0 Å². The van der Waals surface area contributed by atoms with Crippen LogP contribution in [-0.2, 0) is 0 Å². The summed E-state index contributed by atoms with van der Waals surface area (Å²) in [6.07, 6.45) is 3.30. The molecule has 2 aromatic rings. The molecule has 0 aliphatic carbocycles. The number of Topliss-reactive ketones (excluding diaryl/α,β-unsaturated/α-hetero) is 1. The van der Waals surface area contributed by atoms with E-state index in [1.807, 2.05) is 12.1 Å². The molecule has 2 aromatic heterocycles. The SMILES string of the molecule is O=C(CCl)c1c[nH]c2cccnc12. The number of nitrogens with zero attached hydrogens (tertiary/aromatic N) is 1. The molecule has 0 aliphatic rings. The average molecular weight is 195 g/mol. The van der Waals surface area contributed by atoms with Gasteiger partial charge in [0.1, 0.15) is 0 Å². The minimum atomic E-state index is -0.105. The Morgan fingerprint density at radius 3 is 3.23 bits per heavy atom. The number of aromatic nitrogens is 2. The van der Waals surface area contributed by atoms with Gasteiger partial charge in [0.15, 0.2) is 5.78 Å². The zero-order valence-electron chi connectivity index (χ0n) is 6.75. The van der Waals surface area contributed by atoms with Crippen LogP contribution in [-0.4, -0.2) is 21.6 Å². The van der Waals surface area contributed by atoms with Gasteiger partial charge in [-0.05, 0) is 12.1 Å². The van der Waals surface area contributed by atoms with Crippen molar-refractivity contribution in [1.82, 2.24) is 9.97 Å². The summed E-state index contributed by atoms with van der Waals surface area (Å²) < 4.78 is 0. The summed E-state index contributed by atoms with van der Waals surface area (Å²) in [7, 11) is 0. The van der Waals surface area contributed by atoms with E-state index >= 15 is 0 Å². The van der Waals surface area contributed by atoms with E-state index < -0.39 is 0 Å². The Hall–Kier alpha value is -1.35. The average Bonchev–Trinajstić information content (AvgIpc) is 2.60. The minimum absolute atomic E-state index is 0.0104. The third-order valence-electron chi connectivity index (χ3n) is 1.86. The number of alkyl halides is 1. The lowest BCUT2D eigenvalue weighted by molar-refractivity contribution is 0.102. The van der Waals surface area contributed by atoms with E-state index in [4.69, 9.17) is 11.6 Å². The van der Waals surface area contributed by atoms with Crippen LogP contribution in [0.15, 0.2) is 24.5 Å². The maximum Gasteiger partial charge on any atom is 0.181 e. The fourth-order valence-electron chi connectivity index (χ4n) is 1.24. The molecule has 0 bridgehead atoms. The molecule has 0 saturated carbocycles. The van der Waals surface area contributed by atoms with Crippen LogP contribution < -0.4 is 0 Å². The number of pyridine rings is 1. The van der Waals surface area contributed by atoms with Gasteiger partial charge in [-0.2, -0.15) is 0 Å². The number of nitrogens with one attached hydrogen (secondary N) is 1. The van der Waals surface area contributed by atoms with Crippen LogP contribution in [0.2, 0.25) is 0 Å². The Morgan fingerprint density at radius 1 is 1.62 bits per heavy atom. The van der Waals surface area contributed by atoms with E-state index in [1.54, 1.807) is 12.4 Å². The lowest BCUT2D eigenvalue weighted by Gasteiger charge is -1.91. The number of carbonyl (C=O) groups is 1. The van der Waals surface area contributed by atoms with E-state index in [0.29, 0.717) is 11.1 Å². The maximum atomic E-state index is 11.3. The predicted octanol–water partition coefficient (Wildman–Crippen LogP) is 1.98. The maximum absolute atomic E-state index is 11.3. The van der Waals surface area contributed by atoms with E-state index in [2.05, 4.69) is 9.97 Å². The van der Waals surface area contributed by atoms with Gasteiger partial charge in [-0.1, -0.05) is 0 Å². The molecular weight excluding hydrogens is 188 g/mol. The molecule has 13 heavy (non-hydrogen) atoms. The quantitative estimate of drug-likeness (QED) is 0.587. The Labute approximate surface area is 79.7 Å². The third kappa shape index (κ3) is 1.31. The van der Waals surface area contributed by atoms with Crippen LogP contribution in [0.3, 0.4) is 0 Å². The van der Waals surface area contributed by atoms with Crippen molar-refractivity contribution in [2.24, 2.45) is 0 Å². The van der Waals surface area contributed by atoms with Gasteiger partial charge < -0.3 is 4.98 Å². The summed E-state index contributed by atoms with van der Waals surface area (Å²) in [4.78, 5) is 18.4. The molecule has 0 radical (unpaired) electrons. The summed E-state index contributed by atoms with van der Waals surface area (Å²) in [5.74, 6) is -0.115. The number of hydrogen-bond donors (Lipinski definition) is 1. The molecule has 0 spiro atoms. The smallest absolute Gasteiger partial charge is 0.181 e. The number of rotatable bonds is 2. The first-order valence-corrected chi connectivity index (χ1v) is 4.37. The molecule has 1 N–H and O–H groups in total. The van der Waals surface area contributed by atoms with Crippen LogP contribution in [0, 0.1) is 0 Å². The Kier molecular flexibility index (Phi) is 2.02. The Balaban J connectivity index is 2.64. The molecular formula is C9H7ClN2O. The van der Waals surface area contributed by atoms with Crippen molar-refractivity contribution >= 4 is 28.4 Å². The number of ketones is 1. The zero-order chi connectivity index (χ0) is 9.26. The molecule has 0 atom stereocenters. The van der Waals surface area contributed by atoms with E-state index in [9.17, 15) is 4.79 Å². The van der Waals surface area contributed by atoms with Gasteiger partial charge in [-0.25, -0.2) is 0 Å². The second kappa shape index (κ2) is 3.18. The molecule has 0 unspecified atom stereocenters. The van der Waals surface area contributed by atoms with Crippen LogP contribution in [0.1, 0.15) is 10.4 Å². The molecule has 0 aromatic carbocycles. The predicted molar refractivity (Wildman–Crippen MR) is 51.1 cm³/mol. The summed E-state index contributed by atoms with van der Waals surface area (Å²) in [6.45, 7) is 0. The number of fused-ring (bicyclic) bond motifs is 1. The molecule has 0 saturated heterocycles. The number of halogens is 1. The largest absolute Gasteiger partial charge is 0.359 e.